The molecule has 0 nitrogen and oxygen atoms in total. The Hall–Kier alpha value is -1.34. The molecule has 1 aromatic rings. The molecule has 140 valence electrons. The molecule has 1 atom stereocenters. The summed E-state index contributed by atoms with van der Waals surface area (Å²) in [7, 11) is -1.30. The first kappa shape index (κ1) is 19.4. The zero-order chi connectivity index (χ0) is 19.3. The van der Waals surface area contributed by atoms with Gasteiger partial charge in [0.25, 0.3) is 0 Å². The van der Waals surface area contributed by atoms with Crippen LogP contribution in [0.4, 0.5) is 0 Å². The first-order valence-electron chi connectivity index (χ1n) is 10.2. The van der Waals surface area contributed by atoms with Crippen LogP contribution in [-0.2, 0) is 0 Å². The molecule has 0 N–H and O–H groups in total. The summed E-state index contributed by atoms with van der Waals surface area (Å²) in [5, 5.41) is 1.63. The van der Waals surface area contributed by atoms with Crippen molar-refractivity contribution in [3.05, 3.63) is 57.7 Å². The van der Waals surface area contributed by atoms with Gasteiger partial charge in [0.05, 0.1) is 8.07 Å². The van der Waals surface area contributed by atoms with Gasteiger partial charge in [0.2, 0.25) is 0 Å². The second kappa shape index (κ2) is 6.67. The minimum absolute atomic E-state index is 0.297. The van der Waals surface area contributed by atoms with Gasteiger partial charge in [0.1, 0.15) is 0 Å². The van der Waals surface area contributed by atoms with E-state index in [0.29, 0.717) is 11.3 Å². The quantitative estimate of drug-likeness (QED) is 0.495. The molecule has 0 saturated heterocycles. The fourth-order valence-corrected chi connectivity index (χ4v) is 6.15. The topological polar surface area (TPSA) is 0 Å². The molecule has 0 fully saturated rings. The number of hydrogen-bond acceptors (Lipinski definition) is 0. The summed E-state index contributed by atoms with van der Waals surface area (Å²) in [6, 6.07) is 7.05. The van der Waals surface area contributed by atoms with Gasteiger partial charge in [-0.25, -0.2) is 0 Å². The van der Waals surface area contributed by atoms with Crippen molar-refractivity contribution in [1.82, 2.24) is 0 Å². The maximum atomic E-state index is 2.49. The van der Waals surface area contributed by atoms with E-state index in [-0.39, 0.29) is 0 Å². The van der Waals surface area contributed by atoms with Crippen molar-refractivity contribution in [3.8, 4) is 0 Å². The van der Waals surface area contributed by atoms with Crippen LogP contribution < -0.4 is 5.19 Å². The molecule has 1 heteroatoms. The summed E-state index contributed by atoms with van der Waals surface area (Å²) >= 11 is 0. The Morgan fingerprint density at radius 1 is 1.04 bits per heavy atom. The van der Waals surface area contributed by atoms with E-state index in [9.17, 15) is 0 Å². The maximum absolute atomic E-state index is 2.49. The van der Waals surface area contributed by atoms with E-state index in [4.69, 9.17) is 0 Å². The van der Waals surface area contributed by atoms with E-state index in [2.05, 4.69) is 84.6 Å². The predicted molar refractivity (Wildman–Crippen MR) is 120 cm³/mol. The zero-order valence-corrected chi connectivity index (χ0v) is 19.1. The van der Waals surface area contributed by atoms with E-state index in [1.807, 2.05) is 0 Å². The number of allylic oxidation sites excluding steroid dienone is 5. The molecule has 26 heavy (non-hydrogen) atoms. The van der Waals surface area contributed by atoms with Crippen LogP contribution in [0.3, 0.4) is 0 Å². The third-order valence-electron chi connectivity index (χ3n) is 6.30. The van der Waals surface area contributed by atoms with Gasteiger partial charge >= 0.3 is 0 Å². The molecule has 0 heterocycles. The lowest BCUT2D eigenvalue weighted by Crippen LogP contribution is -2.39. The molecule has 0 spiro atoms. The second-order valence-corrected chi connectivity index (χ2v) is 15.5. The summed E-state index contributed by atoms with van der Waals surface area (Å²) < 4.78 is 0. The van der Waals surface area contributed by atoms with Gasteiger partial charge < -0.3 is 0 Å². The molecule has 0 radical (unpaired) electrons. The van der Waals surface area contributed by atoms with Crippen molar-refractivity contribution in [3.63, 3.8) is 0 Å². The third kappa shape index (κ3) is 3.69. The lowest BCUT2D eigenvalue weighted by Gasteiger charge is -2.22. The lowest BCUT2D eigenvalue weighted by atomic mass is 9.84. The Labute approximate surface area is 162 Å². The van der Waals surface area contributed by atoms with Gasteiger partial charge in [-0.05, 0) is 49.7 Å². The van der Waals surface area contributed by atoms with Crippen LogP contribution in [0.15, 0.2) is 46.6 Å². The fraction of sp³-hybridized carbons (Fsp3) is 0.520. The highest BCUT2D eigenvalue weighted by atomic mass is 28.3. The average Bonchev–Trinajstić information content (AvgIpc) is 3.03. The first-order valence-corrected chi connectivity index (χ1v) is 13.7. The zero-order valence-electron chi connectivity index (χ0n) is 18.1. The van der Waals surface area contributed by atoms with Crippen LogP contribution in [0.2, 0.25) is 19.6 Å². The van der Waals surface area contributed by atoms with Gasteiger partial charge in [0, 0.05) is 5.92 Å². The number of hydrogen-bond donors (Lipinski definition) is 0. The van der Waals surface area contributed by atoms with Gasteiger partial charge in [0.15, 0.2) is 0 Å². The summed E-state index contributed by atoms with van der Waals surface area (Å²) in [6.07, 6.45) is 8.61. The lowest BCUT2D eigenvalue weighted by molar-refractivity contribution is 0.492. The summed E-state index contributed by atoms with van der Waals surface area (Å²) in [5.74, 6) is 0.611. The van der Waals surface area contributed by atoms with Crippen molar-refractivity contribution in [1.29, 1.82) is 0 Å². The van der Waals surface area contributed by atoms with Gasteiger partial charge in [-0.15, -0.1) is 0 Å². The Kier molecular flexibility index (Phi) is 4.98. The van der Waals surface area contributed by atoms with Crippen molar-refractivity contribution < 1.29 is 0 Å². The van der Waals surface area contributed by atoms with Crippen molar-refractivity contribution in [2.45, 2.75) is 79.4 Å². The summed E-state index contributed by atoms with van der Waals surface area (Å²) in [4.78, 5) is 0. The molecular weight excluding hydrogens is 328 g/mol. The minimum atomic E-state index is -1.30. The van der Waals surface area contributed by atoms with E-state index >= 15 is 0 Å². The maximum Gasteiger partial charge on any atom is 0.0783 e. The normalized spacial score (nSPS) is 20.4. The summed E-state index contributed by atoms with van der Waals surface area (Å²) in [6.45, 7) is 19.1. The van der Waals surface area contributed by atoms with Gasteiger partial charge in [-0.2, -0.15) is 0 Å². The standard InChI is InChI=1S/C25H36Si/c1-17-14-20(25(3,4)5)16-19(17)12-13-21-18(2)15-23-22(21)10-9-11-24(23)26(6,7)8/h9-11,14-15,21H,12-13,16H2,1-8H3. The Morgan fingerprint density at radius 3 is 2.31 bits per heavy atom. The van der Waals surface area contributed by atoms with Gasteiger partial charge in [-0.3, -0.25) is 0 Å². The van der Waals surface area contributed by atoms with E-state index in [0.717, 1.165) is 0 Å². The van der Waals surface area contributed by atoms with Crippen LogP contribution >= 0.6 is 0 Å². The third-order valence-corrected chi connectivity index (χ3v) is 8.35. The van der Waals surface area contributed by atoms with Gasteiger partial charge in [-0.1, -0.05) is 98.2 Å². The molecular formula is C25H36Si. The predicted octanol–water partition coefficient (Wildman–Crippen LogP) is 7.21. The minimum Gasteiger partial charge on any atom is -0.0656 e. The van der Waals surface area contributed by atoms with E-state index in [1.54, 1.807) is 33.0 Å². The second-order valence-electron chi connectivity index (χ2n) is 10.4. The molecule has 0 aliphatic heterocycles. The summed E-state index contributed by atoms with van der Waals surface area (Å²) in [5.41, 5.74) is 9.78. The smallest absolute Gasteiger partial charge is 0.0656 e. The van der Waals surface area contributed by atoms with Crippen LogP contribution in [0.1, 0.15) is 70.9 Å². The molecule has 3 rings (SSSR count). The molecule has 0 bridgehead atoms. The molecule has 0 saturated carbocycles. The average molecular weight is 365 g/mol. The monoisotopic (exact) mass is 364 g/mol. The number of fused-ring (bicyclic) bond motifs is 1. The highest BCUT2D eigenvalue weighted by Gasteiger charge is 2.29. The van der Waals surface area contributed by atoms with Crippen molar-refractivity contribution in [2.24, 2.45) is 5.41 Å². The van der Waals surface area contributed by atoms with E-state index < -0.39 is 8.07 Å². The largest absolute Gasteiger partial charge is 0.0783 e. The number of benzene rings is 1. The Morgan fingerprint density at radius 2 is 1.73 bits per heavy atom. The molecule has 1 aromatic carbocycles. The molecule has 2 aliphatic carbocycles. The molecule has 0 amide bonds. The Balaban J connectivity index is 1.77. The SMILES string of the molecule is CC1=Cc2c(cccc2[Si](C)(C)C)C1CCC1=C(C)C=C(C(C)(C)C)C1. The first-order chi connectivity index (χ1) is 12.0. The molecule has 1 unspecified atom stereocenters. The number of rotatable bonds is 4. The molecule has 2 aliphatic rings. The van der Waals surface area contributed by atoms with Crippen LogP contribution in [0.25, 0.3) is 6.08 Å². The highest BCUT2D eigenvalue weighted by molar-refractivity contribution is 6.89. The molecule has 0 aromatic heterocycles. The van der Waals surface area contributed by atoms with Crippen LogP contribution in [0, 0.1) is 5.41 Å². The van der Waals surface area contributed by atoms with Crippen LogP contribution in [-0.4, -0.2) is 8.07 Å². The van der Waals surface area contributed by atoms with Crippen LogP contribution in [0.5, 0.6) is 0 Å². The van der Waals surface area contributed by atoms with E-state index in [1.165, 1.54) is 24.8 Å². The van der Waals surface area contributed by atoms with Crippen molar-refractivity contribution in [2.75, 3.05) is 0 Å². The highest BCUT2D eigenvalue weighted by Crippen LogP contribution is 2.43. The van der Waals surface area contributed by atoms with Crippen molar-refractivity contribution >= 4 is 19.3 Å². The Bertz CT molecular complexity index is 804. The fourth-order valence-electron chi connectivity index (χ4n) is 4.53.